The van der Waals surface area contributed by atoms with Crippen molar-refractivity contribution in [3.8, 4) is 0 Å². The topological polar surface area (TPSA) is 69.8 Å². The third kappa shape index (κ3) is 4.12. The van der Waals surface area contributed by atoms with Crippen LogP contribution in [-0.4, -0.2) is 22.5 Å². The number of aromatic nitrogens is 2. The molecule has 7 heteroatoms. The standard InChI is InChI=1S/C18H18F2N4O/c1-11(12-6-7-13(19)14(20)10-12)22-18(25)21-9-8-17-23-15-4-2-3-5-16(15)24-17/h2-7,10-11H,8-9H2,1H3,(H,23,24)(H2,21,22,25). The van der Waals surface area contributed by atoms with Crippen LogP contribution in [0.25, 0.3) is 11.0 Å². The number of H-pyrrole nitrogens is 1. The minimum absolute atomic E-state index is 0.381. The van der Waals surface area contributed by atoms with Crippen molar-refractivity contribution in [1.82, 2.24) is 20.6 Å². The van der Waals surface area contributed by atoms with Gasteiger partial charge >= 0.3 is 6.03 Å². The smallest absolute Gasteiger partial charge is 0.315 e. The van der Waals surface area contributed by atoms with Crippen LogP contribution >= 0.6 is 0 Å². The second-order valence-electron chi connectivity index (χ2n) is 5.75. The number of urea groups is 1. The first kappa shape index (κ1) is 16.9. The molecule has 3 aromatic rings. The van der Waals surface area contributed by atoms with E-state index in [-0.39, 0.29) is 6.03 Å². The number of aromatic amines is 1. The zero-order chi connectivity index (χ0) is 17.8. The molecule has 0 radical (unpaired) electrons. The lowest BCUT2D eigenvalue weighted by molar-refractivity contribution is 0.238. The number of fused-ring (bicyclic) bond motifs is 1. The Morgan fingerprint density at radius 1 is 1.20 bits per heavy atom. The number of rotatable bonds is 5. The molecule has 0 aliphatic heterocycles. The van der Waals surface area contributed by atoms with Gasteiger partial charge in [0.1, 0.15) is 5.82 Å². The molecule has 0 saturated carbocycles. The second kappa shape index (κ2) is 7.29. The first-order valence-corrected chi connectivity index (χ1v) is 7.96. The Hall–Kier alpha value is -2.96. The highest BCUT2D eigenvalue weighted by Crippen LogP contribution is 2.15. The van der Waals surface area contributed by atoms with Gasteiger partial charge in [-0.25, -0.2) is 18.6 Å². The average molecular weight is 344 g/mol. The summed E-state index contributed by atoms with van der Waals surface area (Å²) in [5.74, 6) is -1.06. The minimum atomic E-state index is -0.934. The Labute approximate surface area is 143 Å². The van der Waals surface area contributed by atoms with E-state index in [1.54, 1.807) is 6.92 Å². The molecule has 3 N–H and O–H groups in total. The Bertz CT molecular complexity index is 861. The number of hydrogen-bond acceptors (Lipinski definition) is 2. The van der Waals surface area contributed by atoms with Crippen LogP contribution in [0.15, 0.2) is 42.5 Å². The van der Waals surface area contributed by atoms with Crippen LogP contribution in [0.4, 0.5) is 13.6 Å². The molecule has 0 fully saturated rings. The van der Waals surface area contributed by atoms with Crippen LogP contribution in [0.5, 0.6) is 0 Å². The van der Waals surface area contributed by atoms with E-state index in [0.717, 1.165) is 29.0 Å². The van der Waals surface area contributed by atoms with Crippen molar-refractivity contribution in [2.45, 2.75) is 19.4 Å². The molecule has 0 aliphatic rings. The number of halogens is 2. The van der Waals surface area contributed by atoms with Gasteiger partial charge in [0, 0.05) is 13.0 Å². The predicted octanol–water partition coefficient (Wildman–Crippen LogP) is 3.44. The zero-order valence-electron chi connectivity index (χ0n) is 13.6. The summed E-state index contributed by atoms with van der Waals surface area (Å²) in [6, 6.07) is 10.4. The molecule has 0 spiro atoms. The van der Waals surface area contributed by atoms with Crippen molar-refractivity contribution in [3.63, 3.8) is 0 Å². The minimum Gasteiger partial charge on any atom is -0.342 e. The largest absolute Gasteiger partial charge is 0.342 e. The number of hydrogen-bond donors (Lipinski definition) is 3. The van der Waals surface area contributed by atoms with Gasteiger partial charge in [0.25, 0.3) is 0 Å². The summed E-state index contributed by atoms with van der Waals surface area (Å²) in [4.78, 5) is 19.5. The van der Waals surface area contributed by atoms with Gasteiger partial charge in [0.2, 0.25) is 0 Å². The maximum atomic E-state index is 13.2. The Balaban J connectivity index is 1.49. The third-order valence-corrected chi connectivity index (χ3v) is 3.88. The second-order valence-corrected chi connectivity index (χ2v) is 5.75. The van der Waals surface area contributed by atoms with E-state index in [0.29, 0.717) is 18.5 Å². The van der Waals surface area contributed by atoms with Gasteiger partial charge in [-0.3, -0.25) is 0 Å². The molecule has 2 amide bonds. The van der Waals surface area contributed by atoms with E-state index in [9.17, 15) is 13.6 Å². The van der Waals surface area contributed by atoms with E-state index in [1.807, 2.05) is 24.3 Å². The Morgan fingerprint density at radius 2 is 2.00 bits per heavy atom. The van der Waals surface area contributed by atoms with Gasteiger partial charge < -0.3 is 15.6 Å². The van der Waals surface area contributed by atoms with Gasteiger partial charge in [0.15, 0.2) is 11.6 Å². The molecule has 2 aromatic carbocycles. The van der Waals surface area contributed by atoms with Crippen LogP contribution in [-0.2, 0) is 6.42 Å². The number of carbonyl (C=O) groups is 1. The maximum Gasteiger partial charge on any atom is 0.315 e. The van der Waals surface area contributed by atoms with E-state index >= 15 is 0 Å². The highest BCUT2D eigenvalue weighted by molar-refractivity contribution is 5.75. The van der Waals surface area contributed by atoms with Crippen molar-refractivity contribution in [1.29, 1.82) is 0 Å². The van der Waals surface area contributed by atoms with Crippen LogP contribution in [0.2, 0.25) is 0 Å². The normalized spacial score (nSPS) is 12.1. The molecule has 25 heavy (non-hydrogen) atoms. The number of nitrogens with one attached hydrogen (secondary N) is 3. The first-order valence-electron chi connectivity index (χ1n) is 7.96. The number of amides is 2. The molecule has 5 nitrogen and oxygen atoms in total. The quantitative estimate of drug-likeness (QED) is 0.663. The molecular weight excluding hydrogens is 326 g/mol. The lowest BCUT2D eigenvalue weighted by Crippen LogP contribution is -2.38. The summed E-state index contributed by atoms with van der Waals surface area (Å²) in [5.41, 5.74) is 2.33. The van der Waals surface area contributed by atoms with Crippen molar-refractivity contribution < 1.29 is 13.6 Å². The van der Waals surface area contributed by atoms with Crippen LogP contribution in [0.1, 0.15) is 24.4 Å². The fourth-order valence-corrected chi connectivity index (χ4v) is 2.53. The summed E-state index contributed by atoms with van der Waals surface area (Å²) in [5, 5.41) is 5.41. The molecule has 0 bridgehead atoms. The molecule has 130 valence electrons. The van der Waals surface area contributed by atoms with Crippen LogP contribution in [0.3, 0.4) is 0 Å². The number of nitrogens with zero attached hydrogens (tertiary/aromatic N) is 1. The van der Waals surface area contributed by atoms with E-state index in [4.69, 9.17) is 0 Å². The van der Waals surface area contributed by atoms with Crippen molar-refractivity contribution in [3.05, 3.63) is 65.5 Å². The molecule has 1 aromatic heterocycles. The molecule has 1 unspecified atom stereocenters. The molecule has 1 heterocycles. The Kier molecular flexibility index (Phi) is 4.92. The highest BCUT2D eigenvalue weighted by Gasteiger charge is 2.12. The van der Waals surface area contributed by atoms with Crippen molar-refractivity contribution >= 4 is 17.1 Å². The van der Waals surface area contributed by atoms with Gasteiger partial charge in [-0.2, -0.15) is 0 Å². The summed E-state index contributed by atoms with van der Waals surface area (Å²) in [7, 11) is 0. The van der Waals surface area contributed by atoms with Gasteiger partial charge in [-0.15, -0.1) is 0 Å². The summed E-state index contributed by atoms with van der Waals surface area (Å²) >= 11 is 0. The van der Waals surface area contributed by atoms with E-state index in [1.165, 1.54) is 6.07 Å². The number of benzene rings is 2. The molecule has 0 saturated heterocycles. The number of imidazole rings is 1. The summed E-state index contributed by atoms with van der Waals surface area (Å²) < 4.78 is 26.2. The zero-order valence-corrected chi connectivity index (χ0v) is 13.6. The summed E-state index contributed by atoms with van der Waals surface area (Å²) in [6.07, 6.45) is 0.557. The van der Waals surface area contributed by atoms with Gasteiger partial charge in [-0.05, 0) is 36.8 Å². The number of para-hydroxylation sites is 2. The average Bonchev–Trinajstić information content (AvgIpc) is 3.00. The van der Waals surface area contributed by atoms with Crippen LogP contribution in [0, 0.1) is 11.6 Å². The van der Waals surface area contributed by atoms with E-state index < -0.39 is 17.7 Å². The monoisotopic (exact) mass is 344 g/mol. The highest BCUT2D eigenvalue weighted by atomic mass is 19.2. The van der Waals surface area contributed by atoms with Crippen molar-refractivity contribution in [2.24, 2.45) is 0 Å². The lowest BCUT2D eigenvalue weighted by Gasteiger charge is -2.15. The van der Waals surface area contributed by atoms with Gasteiger partial charge in [-0.1, -0.05) is 18.2 Å². The molecule has 3 rings (SSSR count). The maximum absolute atomic E-state index is 13.2. The fourth-order valence-electron chi connectivity index (χ4n) is 2.53. The number of carbonyl (C=O) groups excluding carboxylic acids is 1. The first-order chi connectivity index (χ1) is 12.0. The van der Waals surface area contributed by atoms with Crippen LogP contribution < -0.4 is 10.6 Å². The lowest BCUT2D eigenvalue weighted by atomic mass is 10.1. The summed E-state index contributed by atoms with van der Waals surface area (Å²) in [6.45, 7) is 2.10. The fraction of sp³-hybridized carbons (Fsp3) is 0.222. The SMILES string of the molecule is CC(NC(=O)NCCc1nc2ccccc2[nH]1)c1ccc(F)c(F)c1. The Morgan fingerprint density at radius 3 is 2.76 bits per heavy atom. The predicted molar refractivity (Wildman–Crippen MR) is 91.1 cm³/mol. The molecular formula is C18H18F2N4O. The van der Waals surface area contributed by atoms with Gasteiger partial charge in [0.05, 0.1) is 17.1 Å². The van der Waals surface area contributed by atoms with Crippen molar-refractivity contribution in [2.75, 3.05) is 6.54 Å². The molecule has 1 atom stereocenters. The molecule has 0 aliphatic carbocycles. The third-order valence-electron chi connectivity index (χ3n) is 3.88. The van der Waals surface area contributed by atoms with E-state index in [2.05, 4.69) is 20.6 Å².